The number of hydrogen-bond acceptors (Lipinski definition) is 4. The van der Waals surface area contributed by atoms with Crippen LogP contribution in [0.2, 0.25) is 0 Å². The van der Waals surface area contributed by atoms with Crippen LogP contribution in [0, 0.1) is 11.8 Å². The molecule has 2 atom stereocenters. The van der Waals surface area contributed by atoms with Gasteiger partial charge in [0.05, 0.1) is 29.1 Å². The SMILES string of the molecule is Cl.Cl.O=C(O)[C@@H]1CN(C(=O)c2cnc3ccccc3n2)C[C@H]1C(F)(F)F. The van der Waals surface area contributed by atoms with E-state index in [1.807, 2.05) is 0 Å². The molecule has 1 N–H and O–H groups in total. The van der Waals surface area contributed by atoms with E-state index in [2.05, 4.69) is 9.97 Å². The normalized spacial score (nSPS) is 19.6. The Balaban J connectivity index is 0.00000169. The molecule has 142 valence electrons. The highest BCUT2D eigenvalue weighted by Crippen LogP contribution is 2.38. The maximum Gasteiger partial charge on any atom is 0.394 e. The number of nitrogens with zero attached hydrogens (tertiary/aromatic N) is 3. The molecule has 0 unspecified atom stereocenters. The minimum absolute atomic E-state index is 0. The fourth-order valence-electron chi connectivity index (χ4n) is 2.77. The van der Waals surface area contributed by atoms with Gasteiger partial charge in [0.1, 0.15) is 5.69 Å². The largest absolute Gasteiger partial charge is 0.481 e. The van der Waals surface area contributed by atoms with Gasteiger partial charge in [-0.1, -0.05) is 12.1 Å². The summed E-state index contributed by atoms with van der Waals surface area (Å²) in [6, 6.07) is 6.75. The highest BCUT2D eigenvalue weighted by Gasteiger charge is 2.53. The maximum absolute atomic E-state index is 13.0. The molecule has 1 aliphatic heterocycles. The van der Waals surface area contributed by atoms with Crippen LogP contribution in [0.5, 0.6) is 0 Å². The van der Waals surface area contributed by atoms with Gasteiger partial charge in [-0.2, -0.15) is 13.2 Å². The summed E-state index contributed by atoms with van der Waals surface area (Å²) in [7, 11) is 0. The van der Waals surface area contributed by atoms with Crippen LogP contribution < -0.4 is 0 Å². The molecule has 1 aliphatic rings. The number of para-hydroxylation sites is 2. The topological polar surface area (TPSA) is 83.4 Å². The average Bonchev–Trinajstić information content (AvgIpc) is 2.99. The first kappa shape index (κ1) is 21.9. The van der Waals surface area contributed by atoms with Crippen molar-refractivity contribution in [3.63, 3.8) is 0 Å². The van der Waals surface area contributed by atoms with Gasteiger partial charge >= 0.3 is 12.1 Å². The predicted molar refractivity (Wildman–Crippen MR) is 90.6 cm³/mol. The van der Waals surface area contributed by atoms with E-state index < -0.39 is 43.0 Å². The number of alkyl halides is 3. The van der Waals surface area contributed by atoms with Crippen LogP contribution in [0.15, 0.2) is 30.5 Å². The van der Waals surface area contributed by atoms with Crippen molar-refractivity contribution in [1.82, 2.24) is 14.9 Å². The molecule has 3 rings (SSSR count). The molecule has 1 aromatic heterocycles. The smallest absolute Gasteiger partial charge is 0.394 e. The van der Waals surface area contributed by atoms with Gasteiger partial charge in [0.25, 0.3) is 5.91 Å². The van der Waals surface area contributed by atoms with Crippen LogP contribution >= 0.6 is 24.8 Å². The first-order valence-electron chi connectivity index (χ1n) is 7.08. The minimum Gasteiger partial charge on any atom is -0.481 e. The number of carboxylic acid groups (broad SMARTS) is 1. The van der Waals surface area contributed by atoms with E-state index in [-0.39, 0.29) is 30.5 Å². The van der Waals surface area contributed by atoms with Crippen molar-refractivity contribution in [2.45, 2.75) is 6.18 Å². The molecule has 1 aromatic carbocycles. The molecule has 2 aromatic rings. The van der Waals surface area contributed by atoms with Gasteiger partial charge in [-0.15, -0.1) is 24.8 Å². The number of fused-ring (bicyclic) bond motifs is 1. The Morgan fingerprint density at radius 2 is 1.73 bits per heavy atom. The Hall–Kier alpha value is -2.13. The third kappa shape index (κ3) is 4.16. The maximum atomic E-state index is 13.0. The fraction of sp³-hybridized carbons (Fsp3) is 0.333. The summed E-state index contributed by atoms with van der Waals surface area (Å²) in [6.45, 7) is -1.21. The first-order chi connectivity index (χ1) is 11.3. The highest BCUT2D eigenvalue weighted by atomic mass is 35.5. The summed E-state index contributed by atoms with van der Waals surface area (Å²) in [4.78, 5) is 32.5. The van der Waals surface area contributed by atoms with Gasteiger partial charge in [0, 0.05) is 13.1 Å². The molecule has 0 saturated carbocycles. The summed E-state index contributed by atoms with van der Waals surface area (Å²) < 4.78 is 39.0. The molecule has 2 heterocycles. The molecule has 11 heteroatoms. The third-order valence-electron chi connectivity index (χ3n) is 4.01. The zero-order chi connectivity index (χ0) is 17.5. The Kier molecular flexibility index (Phi) is 6.78. The number of hydrogen-bond donors (Lipinski definition) is 1. The standard InChI is InChI=1S/C15H12F3N3O3.2ClH/c16-15(17,18)9-7-21(6-8(9)14(23)24)13(22)12-5-19-10-3-1-2-4-11(10)20-12;;/h1-5,8-9H,6-7H2,(H,23,24);2*1H/t8-,9-;;/m1../s1. The van der Waals surface area contributed by atoms with Crippen molar-refractivity contribution in [2.75, 3.05) is 13.1 Å². The van der Waals surface area contributed by atoms with Crippen LogP contribution in [0.1, 0.15) is 10.5 Å². The predicted octanol–water partition coefficient (Wildman–Crippen LogP) is 2.81. The number of benzene rings is 1. The number of carbonyl (C=O) groups excluding carboxylic acids is 1. The van der Waals surface area contributed by atoms with Crippen molar-refractivity contribution in [3.8, 4) is 0 Å². The molecule has 6 nitrogen and oxygen atoms in total. The number of rotatable bonds is 2. The van der Waals surface area contributed by atoms with Crippen LogP contribution in [0.4, 0.5) is 13.2 Å². The van der Waals surface area contributed by atoms with Crippen LogP contribution in [0.25, 0.3) is 11.0 Å². The van der Waals surface area contributed by atoms with E-state index >= 15 is 0 Å². The van der Waals surface area contributed by atoms with Crippen LogP contribution in [-0.4, -0.2) is 51.1 Å². The Morgan fingerprint density at radius 1 is 1.12 bits per heavy atom. The van der Waals surface area contributed by atoms with Gasteiger partial charge in [0.15, 0.2) is 0 Å². The van der Waals surface area contributed by atoms with Gasteiger partial charge in [-0.25, -0.2) is 4.98 Å². The number of aromatic nitrogens is 2. The number of carbonyl (C=O) groups is 2. The zero-order valence-corrected chi connectivity index (χ0v) is 14.6. The number of halogens is 5. The monoisotopic (exact) mass is 411 g/mol. The molecule has 0 radical (unpaired) electrons. The number of likely N-dealkylation sites (tertiary alicyclic amines) is 1. The fourth-order valence-corrected chi connectivity index (χ4v) is 2.77. The van der Waals surface area contributed by atoms with Crippen molar-refractivity contribution in [3.05, 3.63) is 36.2 Å². The first-order valence-corrected chi connectivity index (χ1v) is 7.08. The second-order valence-electron chi connectivity index (χ2n) is 5.55. The second kappa shape index (κ2) is 8.05. The molecule has 26 heavy (non-hydrogen) atoms. The molecule has 0 bridgehead atoms. The summed E-state index contributed by atoms with van der Waals surface area (Å²) in [5.74, 6) is -6.10. The summed E-state index contributed by atoms with van der Waals surface area (Å²) in [6.07, 6.45) is -3.51. The second-order valence-corrected chi connectivity index (χ2v) is 5.55. The van der Waals surface area contributed by atoms with Crippen molar-refractivity contribution in [1.29, 1.82) is 0 Å². The van der Waals surface area contributed by atoms with Crippen molar-refractivity contribution >= 4 is 47.7 Å². The lowest BCUT2D eigenvalue weighted by molar-refractivity contribution is -0.187. The molecule has 1 saturated heterocycles. The lowest BCUT2D eigenvalue weighted by Crippen LogP contribution is -2.34. The van der Waals surface area contributed by atoms with E-state index in [9.17, 15) is 22.8 Å². The van der Waals surface area contributed by atoms with Gasteiger partial charge < -0.3 is 10.0 Å². The van der Waals surface area contributed by atoms with E-state index in [4.69, 9.17) is 5.11 Å². The molecular weight excluding hydrogens is 398 g/mol. The quantitative estimate of drug-likeness (QED) is 0.821. The van der Waals surface area contributed by atoms with Crippen molar-refractivity contribution in [2.24, 2.45) is 11.8 Å². The van der Waals surface area contributed by atoms with Crippen molar-refractivity contribution < 1.29 is 27.9 Å². The van der Waals surface area contributed by atoms with Crippen LogP contribution in [0.3, 0.4) is 0 Å². The van der Waals surface area contributed by atoms with E-state index in [1.54, 1.807) is 24.3 Å². The highest BCUT2D eigenvalue weighted by molar-refractivity contribution is 5.94. The molecule has 1 fully saturated rings. The lowest BCUT2D eigenvalue weighted by Gasteiger charge is -2.18. The zero-order valence-electron chi connectivity index (χ0n) is 13.0. The molecular formula is C15H14Cl2F3N3O3. The number of carboxylic acids is 1. The van der Waals surface area contributed by atoms with E-state index in [0.29, 0.717) is 11.0 Å². The number of amides is 1. The average molecular weight is 412 g/mol. The van der Waals surface area contributed by atoms with Gasteiger partial charge in [-0.05, 0) is 12.1 Å². The summed E-state index contributed by atoms with van der Waals surface area (Å²) >= 11 is 0. The van der Waals surface area contributed by atoms with Gasteiger partial charge in [0.2, 0.25) is 0 Å². The van der Waals surface area contributed by atoms with E-state index in [1.165, 1.54) is 6.20 Å². The minimum atomic E-state index is -4.69. The Bertz CT molecular complexity index is 819. The van der Waals surface area contributed by atoms with E-state index in [0.717, 1.165) is 4.90 Å². The third-order valence-corrected chi connectivity index (χ3v) is 4.01. The summed E-state index contributed by atoms with van der Waals surface area (Å²) in [5.41, 5.74) is 0.873. The summed E-state index contributed by atoms with van der Waals surface area (Å²) in [5, 5.41) is 8.99. The molecule has 0 aliphatic carbocycles. The lowest BCUT2D eigenvalue weighted by atomic mass is 9.96. The van der Waals surface area contributed by atoms with Gasteiger partial charge in [-0.3, -0.25) is 14.6 Å². The molecule has 0 spiro atoms. The number of aliphatic carboxylic acids is 1. The molecule has 1 amide bonds. The Labute approximate surface area is 158 Å². The Morgan fingerprint density at radius 3 is 2.27 bits per heavy atom. The van der Waals surface area contributed by atoms with Crippen LogP contribution in [-0.2, 0) is 4.79 Å².